The molecule has 0 fully saturated rings. The monoisotopic (exact) mass is 510 g/mol. The highest BCUT2D eigenvalue weighted by Crippen LogP contribution is 2.27. The zero-order chi connectivity index (χ0) is 27.0. The molecule has 2 unspecified atom stereocenters. The van der Waals surface area contributed by atoms with Crippen LogP contribution in [0.2, 0.25) is 0 Å². The first kappa shape index (κ1) is 28.7. The number of rotatable bonds is 8. The summed E-state index contributed by atoms with van der Waals surface area (Å²) in [7, 11) is 0. The van der Waals surface area contributed by atoms with Crippen LogP contribution in [0.3, 0.4) is 0 Å². The third kappa shape index (κ3) is 7.75. The Morgan fingerprint density at radius 2 is 1.69 bits per heavy atom. The van der Waals surface area contributed by atoms with E-state index in [1.165, 1.54) is 0 Å². The van der Waals surface area contributed by atoms with Crippen LogP contribution < -0.4 is 10.6 Å². The van der Waals surface area contributed by atoms with E-state index >= 15 is 0 Å². The van der Waals surface area contributed by atoms with Gasteiger partial charge in [-0.05, 0) is 58.2 Å². The Labute approximate surface area is 218 Å². The summed E-state index contributed by atoms with van der Waals surface area (Å²) >= 11 is 4.23. The van der Waals surface area contributed by atoms with Crippen molar-refractivity contribution in [2.45, 2.75) is 59.2 Å². The molecule has 0 aliphatic rings. The molecule has 9 heteroatoms. The maximum absolute atomic E-state index is 13.7. The molecule has 192 valence electrons. The molecule has 8 nitrogen and oxygen atoms in total. The van der Waals surface area contributed by atoms with E-state index in [-0.39, 0.29) is 12.3 Å². The number of aryl methyl sites for hydroxylation is 3. The molecule has 0 heterocycles. The van der Waals surface area contributed by atoms with Crippen LogP contribution in [0.1, 0.15) is 49.1 Å². The molecule has 0 saturated carbocycles. The first-order chi connectivity index (χ1) is 16.9. The fraction of sp³-hybridized carbons (Fsp3) is 0.407. The molecule has 2 N–H and O–H groups in total. The van der Waals surface area contributed by atoms with Crippen molar-refractivity contribution in [3.63, 3.8) is 0 Å². The van der Waals surface area contributed by atoms with E-state index in [4.69, 9.17) is 4.74 Å². The maximum Gasteiger partial charge on any atom is 0.408 e. The Bertz CT molecular complexity index is 1130. The normalized spacial score (nSPS) is 12.6. The van der Waals surface area contributed by atoms with Crippen LogP contribution in [0.4, 0.5) is 10.5 Å². The van der Waals surface area contributed by atoms with Gasteiger partial charge in [0.2, 0.25) is 5.91 Å². The van der Waals surface area contributed by atoms with Gasteiger partial charge >= 0.3 is 6.09 Å². The predicted octanol–water partition coefficient (Wildman–Crippen LogP) is 4.47. The highest BCUT2D eigenvalue weighted by molar-refractivity contribution is 7.80. The van der Waals surface area contributed by atoms with Crippen LogP contribution in [0, 0.1) is 32.1 Å². The molecule has 0 aliphatic carbocycles. The average Bonchev–Trinajstić information content (AvgIpc) is 2.78. The van der Waals surface area contributed by atoms with Crippen molar-refractivity contribution in [3.05, 3.63) is 64.7 Å². The molecule has 0 aliphatic heterocycles. The second kappa shape index (κ2) is 12.5. The molecule has 2 aromatic rings. The number of thiol groups is 1. The van der Waals surface area contributed by atoms with Gasteiger partial charge in [0.1, 0.15) is 24.2 Å². The molecular weight excluding hydrogens is 476 g/mol. The molecule has 0 spiro atoms. The lowest BCUT2D eigenvalue weighted by atomic mass is 10.00. The summed E-state index contributed by atoms with van der Waals surface area (Å²) < 4.78 is 5.27. The summed E-state index contributed by atoms with van der Waals surface area (Å²) in [6, 6.07) is 12.6. The molecule has 2 rings (SSSR count). The minimum atomic E-state index is -1.13. The highest BCUT2D eigenvalue weighted by Gasteiger charge is 2.36. The minimum absolute atomic E-state index is 0.0565. The van der Waals surface area contributed by atoms with Crippen molar-refractivity contribution in [1.82, 2.24) is 10.2 Å². The first-order valence-corrected chi connectivity index (χ1v) is 12.2. The third-order valence-electron chi connectivity index (χ3n) is 5.34. The van der Waals surface area contributed by atoms with Crippen LogP contribution in [0.25, 0.3) is 0 Å². The predicted molar refractivity (Wildman–Crippen MR) is 143 cm³/mol. The molecule has 0 aromatic heterocycles. The number of benzene rings is 2. The standard InChI is InChI=1S/C27H34N4O4S/c1-17-9-7-12-20(15-17)23(24(32)30-22-18(2)10-8-11-19(22)3)31(14-13-28)25(33)21(16-36)29-26(34)35-27(4,5)6/h7-12,15,21,23,36H,14,16H2,1-6H3,(H,29,34)(H,30,32). The van der Waals surface area contributed by atoms with Crippen LogP contribution in [-0.4, -0.2) is 46.7 Å². The SMILES string of the molecule is Cc1cccc(C(C(=O)Nc2c(C)cccc2C)N(CC#N)C(=O)C(CS)NC(=O)OC(C)(C)C)c1. The lowest BCUT2D eigenvalue weighted by Crippen LogP contribution is -2.53. The van der Waals surface area contributed by atoms with E-state index in [2.05, 4.69) is 23.3 Å². The summed E-state index contributed by atoms with van der Waals surface area (Å²) in [6.45, 7) is 10.4. The van der Waals surface area contributed by atoms with Crippen LogP contribution in [-0.2, 0) is 14.3 Å². The zero-order valence-electron chi connectivity index (χ0n) is 21.6. The highest BCUT2D eigenvalue weighted by atomic mass is 32.1. The molecule has 36 heavy (non-hydrogen) atoms. The molecule has 2 aromatic carbocycles. The number of para-hydroxylation sites is 1. The van der Waals surface area contributed by atoms with Gasteiger partial charge in [-0.1, -0.05) is 48.0 Å². The number of ether oxygens (including phenoxy) is 1. The number of carbonyl (C=O) groups excluding carboxylic acids is 3. The van der Waals surface area contributed by atoms with Gasteiger partial charge in [0.05, 0.1) is 6.07 Å². The van der Waals surface area contributed by atoms with E-state index in [9.17, 15) is 19.6 Å². The minimum Gasteiger partial charge on any atom is -0.444 e. The van der Waals surface area contributed by atoms with Crippen LogP contribution >= 0.6 is 12.6 Å². The maximum atomic E-state index is 13.7. The van der Waals surface area contributed by atoms with Crippen molar-refractivity contribution in [1.29, 1.82) is 5.26 Å². The number of nitrogens with zero attached hydrogens (tertiary/aromatic N) is 2. The lowest BCUT2D eigenvalue weighted by molar-refractivity contribution is -0.139. The Morgan fingerprint density at radius 3 is 2.22 bits per heavy atom. The summed E-state index contributed by atoms with van der Waals surface area (Å²) in [5.41, 5.74) is 3.03. The van der Waals surface area contributed by atoms with Gasteiger partial charge in [-0.2, -0.15) is 17.9 Å². The van der Waals surface area contributed by atoms with E-state index in [1.807, 2.05) is 51.1 Å². The van der Waals surface area contributed by atoms with Crippen molar-refractivity contribution >= 4 is 36.2 Å². The largest absolute Gasteiger partial charge is 0.444 e. The van der Waals surface area contributed by atoms with Gasteiger partial charge < -0.3 is 20.3 Å². The molecule has 0 saturated heterocycles. The number of nitrogens with one attached hydrogen (secondary N) is 2. The topological polar surface area (TPSA) is 112 Å². The van der Waals surface area contributed by atoms with Crippen LogP contribution in [0.15, 0.2) is 42.5 Å². The van der Waals surface area contributed by atoms with Crippen molar-refractivity contribution in [2.24, 2.45) is 0 Å². The number of carbonyl (C=O) groups is 3. The fourth-order valence-electron chi connectivity index (χ4n) is 3.72. The van der Waals surface area contributed by atoms with E-state index in [0.717, 1.165) is 21.6 Å². The van der Waals surface area contributed by atoms with Crippen molar-refractivity contribution < 1.29 is 19.1 Å². The van der Waals surface area contributed by atoms with Gasteiger partial charge in [-0.3, -0.25) is 9.59 Å². The second-order valence-corrected chi connectivity index (χ2v) is 9.94. The Hall–Kier alpha value is -3.51. The summed E-state index contributed by atoms with van der Waals surface area (Å²) in [5.74, 6) is -1.16. The number of hydrogen-bond donors (Lipinski definition) is 3. The van der Waals surface area contributed by atoms with E-state index < -0.39 is 35.6 Å². The van der Waals surface area contributed by atoms with Gasteiger partial charge in [-0.25, -0.2) is 4.79 Å². The number of amides is 3. The Balaban J connectivity index is 2.49. The van der Waals surface area contributed by atoms with Gasteiger partial charge in [0.25, 0.3) is 5.91 Å². The van der Waals surface area contributed by atoms with E-state index in [0.29, 0.717) is 11.3 Å². The number of anilines is 1. The smallest absolute Gasteiger partial charge is 0.408 e. The summed E-state index contributed by atoms with van der Waals surface area (Å²) in [6.07, 6.45) is -0.793. The van der Waals surface area contributed by atoms with Gasteiger partial charge in [0, 0.05) is 11.4 Å². The summed E-state index contributed by atoms with van der Waals surface area (Å²) in [5, 5.41) is 15.0. The third-order valence-corrected chi connectivity index (χ3v) is 5.71. The Morgan fingerprint density at radius 1 is 1.08 bits per heavy atom. The lowest BCUT2D eigenvalue weighted by Gasteiger charge is -2.33. The van der Waals surface area contributed by atoms with E-state index in [1.54, 1.807) is 39.0 Å². The quantitative estimate of drug-likeness (QED) is 0.358. The fourth-order valence-corrected chi connectivity index (χ4v) is 3.97. The zero-order valence-corrected chi connectivity index (χ0v) is 22.5. The average molecular weight is 511 g/mol. The number of hydrogen-bond acceptors (Lipinski definition) is 6. The molecule has 0 radical (unpaired) electrons. The molecule has 0 bridgehead atoms. The first-order valence-electron chi connectivity index (χ1n) is 11.6. The second-order valence-electron chi connectivity index (χ2n) is 9.58. The Kier molecular flexibility index (Phi) is 9.93. The number of alkyl carbamates (subject to hydrolysis) is 1. The molecule has 3 amide bonds. The van der Waals surface area contributed by atoms with Gasteiger partial charge in [-0.15, -0.1) is 0 Å². The van der Waals surface area contributed by atoms with Crippen molar-refractivity contribution in [3.8, 4) is 6.07 Å². The number of nitriles is 1. The van der Waals surface area contributed by atoms with Gasteiger partial charge in [0.15, 0.2) is 0 Å². The molecular formula is C27H34N4O4S. The van der Waals surface area contributed by atoms with Crippen molar-refractivity contribution in [2.75, 3.05) is 17.6 Å². The van der Waals surface area contributed by atoms with Crippen LogP contribution in [0.5, 0.6) is 0 Å². The summed E-state index contributed by atoms with van der Waals surface area (Å²) in [4.78, 5) is 40.9. The molecule has 2 atom stereocenters.